The molecular formula is C22H35IN6O2. The maximum absolute atomic E-state index is 5.51. The average molecular weight is 542 g/mol. The van der Waals surface area contributed by atoms with Gasteiger partial charge in [0.1, 0.15) is 12.6 Å². The Balaban J connectivity index is 0.00000341. The Morgan fingerprint density at radius 3 is 2.81 bits per heavy atom. The van der Waals surface area contributed by atoms with E-state index in [4.69, 9.17) is 9.26 Å². The van der Waals surface area contributed by atoms with Crippen molar-refractivity contribution in [2.75, 3.05) is 31.1 Å². The molecule has 1 aromatic carbocycles. The van der Waals surface area contributed by atoms with Gasteiger partial charge in [0.25, 0.3) is 0 Å². The van der Waals surface area contributed by atoms with Gasteiger partial charge in [0.15, 0.2) is 11.8 Å². The Bertz CT molecular complexity index is 811. The maximum atomic E-state index is 5.51. The molecule has 0 bridgehead atoms. The molecule has 0 aliphatic carbocycles. The number of nitrogens with zero attached hydrogens (tertiary/aromatic N) is 4. The summed E-state index contributed by atoms with van der Waals surface area (Å²) < 4.78 is 10.8. The topological polar surface area (TPSA) is 87.8 Å². The molecule has 2 aromatic rings. The van der Waals surface area contributed by atoms with Crippen LogP contribution in [0.4, 0.5) is 5.69 Å². The molecule has 8 nitrogen and oxygen atoms in total. The number of aryl methyl sites for hydroxylation is 1. The lowest BCUT2D eigenvalue weighted by Gasteiger charge is -2.35. The number of halogens is 1. The molecule has 2 N–H and O–H groups in total. The monoisotopic (exact) mass is 542 g/mol. The SMILES string of the molecule is CCNC(=NCc1nc(C(C)OCC)no1)NC1CCCN(c2ccc(C)cc2)C1.I. The molecule has 1 fully saturated rings. The fourth-order valence-electron chi connectivity index (χ4n) is 3.57. The van der Waals surface area contributed by atoms with E-state index in [2.05, 4.69) is 68.8 Å². The molecule has 1 aliphatic rings. The molecule has 172 valence electrons. The van der Waals surface area contributed by atoms with Crippen LogP contribution in [0, 0.1) is 6.92 Å². The minimum Gasteiger partial charge on any atom is -0.371 e. The van der Waals surface area contributed by atoms with Gasteiger partial charge in [-0.25, -0.2) is 4.99 Å². The Kier molecular flexibility index (Phi) is 10.5. The lowest BCUT2D eigenvalue weighted by atomic mass is 10.0. The Morgan fingerprint density at radius 1 is 1.32 bits per heavy atom. The number of ether oxygens (including phenoxy) is 1. The van der Waals surface area contributed by atoms with Crippen molar-refractivity contribution in [2.45, 2.75) is 59.2 Å². The first-order chi connectivity index (χ1) is 14.6. The van der Waals surface area contributed by atoms with E-state index in [-0.39, 0.29) is 30.1 Å². The number of aromatic nitrogens is 2. The van der Waals surface area contributed by atoms with Crippen molar-refractivity contribution < 1.29 is 9.26 Å². The largest absolute Gasteiger partial charge is 0.371 e. The van der Waals surface area contributed by atoms with E-state index in [1.165, 1.54) is 11.3 Å². The Morgan fingerprint density at radius 2 is 2.10 bits per heavy atom. The lowest BCUT2D eigenvalue weighted by Crippen LogP contribution is -2.51. The highest BCUT2D eigenvalue weighted by Crippen LogP contribution is 2.20. The third-order valence-electron chi connectivity index (χ3n) is 5.14. The van der Waals surface area contributed by atoms with Gasteiger partial charge in [-0.3, -0.25) is 0 Å². The molecule has 1 aromatic heterocycles. The summed E-state index contributed by atoms with van der Waals surface area (Å²) in [7, 11) is 0. The summed E-state index contributed by atoms with van der Waals surface area (Å²) in [6, 6.07) is 9.07. The fraction of sp³-hybridized carbons (Fsp3) is 0.591. The van der Waals surface area contributed by atoms with Crippen LogP contribution in [-0.2, 0) is 11.3 Å². The third kappa shape index (κ3) is 7.64. The second-order valence-corrected chi connectivity index (χ2v) is 7.60. The number of aliphatic imine (C=N–C) groups is 1. The van der Waals surface area contributed by atoms with E-state index < -0.39 is 0 Å². The normalized spacial score (nSPS) is 17.7. The smallest absolute Gasteiger partial charge is 0.248 e. The van der Waals surface area contributed by atoms with E-state index in [1.54, 1.807) is 0 Å². The highest BCUT2D eigenvalue weighted by atomic mass is 127. The van der Waals surface area contributed by atoms with Crippen molar-refractivity contribution in [1.29, 1.82) is 0 Å². The quantitative estimate of drug-likeness (QED) is 0.298. The number of anilines is 1. The molecule has 2 atom stereocenters. The minimum absolute atomic E-state index is 0. The van der Waals surface area contributed by atoms with Crippen LogP contribution < -0.4 is 15.5 Å². The molecule has 0 amide bonds. The molecule has 3 rings (SSSR count). The van der Waals surface area contributed by atoms with Gasteiger partial charge < -0.3 is 24.8 Å². The summed E-state index contributed by atoms with van der Waals surface area (Å²) in [6.45, 7) is 11.8. The van der Waals surface area contributed by atoms with Crippen molar-refractivity contribution in [3.63, 3.8) is 0 Å². The summed E-state index contributed by atoms with van der Waals surface area (Å²) >= 11 is 0. The van der Waals surface area contributed by atoms with E-state index in [1.807, 2.05) is 13.8 Å². The molecule has 0 spiro atoms. The number of hydrogen-bond acceptors (Lipinski definition) is 6. The molecule has 0 saturated carbocycles. The molecular weight excluding hydrogens is 507 g/mol. The number of piperidine rings is 1. The van der Waals surface area contributed by atoms with E-state index in [9.17, 15) is 0 Å². The van der Waals surface area contributed by atoms with Gasteiger partial charge in [0, 0.05) is 38.0 Å². The lowest BCUT2D eigenvalue weighted by molar-refractivity contribution is 0.0683. The fourth-order valence-corrected chi connectivity index (χ4v) is 3.57. The van der Waals surface area contributed by atoms with Crippen molar-refractivity contribution >= 4 is 35.6 Å². The van der Waals surface area contributed by atoms with Crippen LogP contribution in [0.25, 0.3) is 0 Å². The number of benzene rings is 1. The predicted molar refractivity (Wildman–Crippen MR) is 134 cm³/mol. The van der Waals surface area contributed by atoms with Gasteiger partial charge in [-0.15, -0.1) is 24.0 Å². The summed E-state index contributed by atoms with van der Waals surface area (Å²) in [4.78, 5) is 11.5. The zero-order chi connectivity index (χ0) is 21.3. The number of nitrogens with one attached hydrogen (secondary N) is 2. The number of rotatable bonds is 8. The van der Waals surface area contributed by atoms with Crippen LogP contribution in [0.1, 0.15) is 57.0 Å². The van der Waals surface area contributed by atoms with Crippen LogP contribution in [-0.4, -0.2) is 48.4 Å². The molecule has 2 unspecified atom stereocenters. The van der Waals surface area contributed by atoms with Crippen LogP contribution >= 0.6 is 24.0 Å². The van der Waals surface area contributed by atoms with Crippen molar-refractivity contribution in [3.8, 4) is 0 Å². The van der Waals surface area contributed by atoms with Gasteiger partial charge >= 0.3 is 0 Å². The van der Waals surface area contributed by atoms with Crippen molar-refractivity contribution in [1.82, 2.24) is 20.8 Å². The van der Waals surface area contributed by atoms with Gasteiger partial charge in [-0.1, -0.05) is 22.9 Å². The third-order valence-corrected chi connectivity index (χ3v) is 5.14. The summed E-state index contributed by atoms with van der Waals surface area (Å²) in [5.41, 5.74) is 2.56. The summed E-state index contributed by atoms with van der Waals surface area (Å²) in [5, 5.41) is 10.9. The van der Waals surface area contributed by atoms with Gasteiger partial charge in [-0.05, 0) is 52.7 Å². The first-order valence-electron chi connectivity index (χ1n) is 10.9. The van der Waals surface area contributed by atoms with Gasteiger partial charge in [0.05, 0.1) is 0 Å². The highest BCUT2D eigenvalue weighted by molar-refractivity contribution is 14.0. The maximum Gasteiger partial charge on any atom is 0.248 e. The van der Waals surface area contributed by atoms with Crippen molar-refractivity contribution in [3.05, 3.63) is 41.5 Å². The van der Waals surface area contributed by atoms with Gasteiger partial charge in [-0.2, -0.15) is 4.98 Å². The molecule has 9 heteroatoms. The summed E-state index contributed by atoms with van der Waals surface area (Å²) in [5.74, 6) is 1.81. The van der Waals surface area contributed by atoms with Gasteiger partial charge in [0.2, 0.25) is 5.89 Å². The van der Waals surface area contributed by atoms with Crippen LogP contribution in [0.5, 0.6) is 0 Å². The van der Waals surface area contributed by atoms with E-state index in [0.717, 1.165) is 38.4 Å². The van der Waals surface area contributed by atoms with Crippen molar-refractivity contribution in [2.24, 2.45) is 4.99 Å². The Hall–Kier alpha value is -1.88. The Labute approximate surface area is 202 Å². The van der Waals surface area contributed by atoms with Crippen LogP contribution in [0.15, 0.2) is 33.8 Å². The number of hydrogen-bond donors (Lipinski definition) is 2. The first kappa shape index (κ1) is 25.4. The van der Waals surface area contributed by atoms with E-state index >= 15 is 0 Å². The molecule has 31 heavy (non-hydrogen) atoms. The molecule has 0 radical (unpaired) electrons. The second kappa shape index (κ2) is 12.8. The second-order valence-electron chi connectivity index (χ2n) is 7.60. The zero-order valence-corrected chi connectivity index (χ0v) is 21.3. The first-order valence-corrected chi connectivity index (χ1v) is 10.9. The average Bonchev–Trinajstić information content (AvgIpc) is 3.22. The predicted octanol–water partition coefficient (Wildman–Crippen LogP) is 3.82. The van der Waals surface area contributed by atoms with Crippen LogP contribution in [0.3, 0.4) is 0 Å². The zero-order valence-electron chi connectivity index (χ0n) is 18.9. The minimum atomic E-state index is -0.183. The van der Waals surface area contributed by atoms with E-state index in [0.29, 0.717) is 30.9 Å². The molecule has 1 saturated heterocycles. The number of guanidine groups is 1. The standard InChI is InChI=1S/C22H34N6O2.HI/c1-5-23-22(24-14-20-26-21(27-30-20)17(4)29-6-2)25-18-8-7-13-28(15-18)19-11-9-16(3)10-12-19;/h9-12,17-18H,5-8,13-15H2,1-4H3,(H2,23,24,25);1H. The molecule has 2 heterocycles. The molecule has 1 aliphatic heterocycles. The van der Waals surface area contributed by atoms with Crippen LogP contribution in [0.2, 0.25) is 0 Å². The highest BCUT2D eigenvalue weighted by Gasteiger charge is 2.21. The summed E-state index contributed by atoms with van der Waals surface area (Å²) in [6.07, 6.45) is 2.08.